The SMILES string of the molecule is CC(C[C@H](OCC1(C#N)CC1)c1ccc(Cl)cc1)[C@@H]1NC(=O)[C@@H](CC(=O)O)C[C@@H]1c1cccc(Cl)c1. The second-order valence-corrected chi connectivity index (χ2v) is 11.1. The molecule has 8 heteroatoms. The molecule has 1 aliphatic carbocycles. The predicted octanol–water partition coefficient (Wildman–Crippen LogP) is 6.14. The monoisotopic (exact) mass is 528 g/mol. The molecule has 5 atom stereocenters. The maximum atomic E-state index is 12.9. The van der Waals surface area contributed by atoms with Crippen LogP contribution in [0.2, 0.25) is 10.0 Å². The van der Waals surface area contributed by atoms with Crippen LogP contribution in [0.1, 0.15) is 62.2 Å². The van der Waals surface area contributed by atoms with Gasteiger partial charge in [-0.15, -0.1) is 0 Å². The number of halogens is 2. The summed E-state index contributed by atoms with van der Waals surface area (Å²) in [6.45, 7) is 2.43. The van der Waals surface area contributed by atoms with Crippen molar-refractivity contribution in [3.63, 3.8) is 0 Å². The molecular weight excluding hydrogens is 499 g/mol. The number of piperidine rings is 1. The van der Waals surface area contributed by atoms with Crippen molar-refractivity contribution in [1.29, 1.82) is 5.26 Å². The summed E-state index contributed by atoms with van der Waals surface area (Å²) in [5.41, 5.74) is 1.53. The third-order valence-corrected chi connectivity index (χ3v) is 7.93. The van der Waals surface area contributed by atoms with Crippen molar-refractivity contribution in [2.75, 3.05) is 6.61 Å². The standard InChI is InChI=1S/C28H30Cl2N2O4/c1-17(11-24(18-5-7-21(29)8-6-18)36-16-28(15-31)9-10-28)26-23(19-3-2-4-22(30)12-19)13-20(14-25(33)34)27(35)32-26/h2-8,12,17,20,23-24,26H,9-11,13-14,16H2,1H3,(H,32,35)(H,33,34)/t17?,20-,23-,24+,26+/m1/s1. The number of ether oxygens (including phenoxy) is 1. The van der Waals surface area contributed by atoms with E-state index >= 15 is 0 Å². The van der Waals surface area contributed by atoms with Crippen molar-refractivity contribution in [2.24, 2.45) is 17.3 Å². The van der Waals surface area contributed by atoms with Gasteiger partial charge in [0.15, 0.2) is 0 Å². The van der Waals surface area contributed by atoms with Crippen molar-refractivity contribution >= 4 is 35.1 Å². The van der Waals surface area contributed by atoms with Gasteiger partial charge in [0.2, 0.25) is 5.91 Å². The molecule has 1 heterocycles. The van der Waals surface area contributed by atoms with E-state index in [0.29, 0.717) is 29.5 Å². The summed E-state index contributed by atoms with van der Waals surface area (Å²) in [6, 6.07) is 17.2. The van der Waals surface area contributed by atoms with E-state index in [1.165, 1.54) is 0 Å². The molecule has 36 heavy (non-hydrogen) atoms. The molecule has 190 valence electrons. The molecular formula is C28H30Cl2N2O4. The molecule has 0 bridgehead atoms. The average Bonchev–Trinajstić information content (AvgIpc) is 3.63. The third-order valence-electron chi connectivity index (χ3n) is 7.44. The fourth-order valence-electron chi connectivity index (χ4n) is 5.11. The Morgan fingerprint density at radius 1 is 1.22 bits per heavy atom. The van der Waals surface area contributed by atoms with E-state index in [9.17, 15) is 20.0 Å². The van der Waals surface area contributed by atoms with Gasteiger partial charge in [-0.1, -0.05) is 54.4 Å². The molecule has 0 radical (unpaired) electrons. The maximum absolute atomic E-state index is 12.9. The van der Waals surface area contributed by atoms with Crippen LogP contribution in [-0.4, -0.2) is 29.6 Å². The highest BCUT2D eigenvalue weighted by atomic mass is 35.5. The fourth-order valence-corrected chi connectivity index (χ4v) is 5.44. The van der Waals surface area contributed by atoms with Gasteiger partial charge in [-0.3, -0.25) is 9.59 Å². The number of carboxylic acid groups (broad SMARTS) is 1. The summed E-state index contributed by atoms with van der Waals surface area (Å²) in [4.78, 5) is 24.3. The molecule has 2 fully saturated rings. The molecule has 2 aromatic carbocycles. The molecule has 0 aromatic heterocycles. The Balaban J connectivity index is 1.58. The Bertz CT molecular complexity index is 1140. The van der Waals surface area contributed by atoms with E-state index in [2.05, 4.69) is 18.3 Å². The molecule has 2 aromatic rings. The summed E-state index contributed by atoms with van der Waals surface area (Å²) in [7, 11) is 0. The number of carboxylic acids is 1. The number of nitrogens with one attached hydrogen (secondary N) is 1. The van der Waals surface area contributed by atoms with Crippen LogP contribution >= 0.6 is 23.2 Å². The first kappa shape index (κ1) is 26.5. The van der Waals surface area contributed by atoms with Gasteiger partial charge in [-0.25, -0.2) is 0 Å². The number of amides is 1. The number of nitriles is 1. The Morgan fingerprint density at radius 3 is 2.56 bits per heavy atom. The van der Waals surface area contributed by atoms with E-state index in [-0.39, 0.29) is 36.3 Å². The molecule has 0 spiro atoms. The summed E-state index contributed by atoms with van der Waals surface area (Å²) < 4.78 is 6.33. The molecule has 1 saturated carbocycles. The minimum absolute atomic E-state index is 0.0124. The minimum atomic E-state index is -0.991. The Kier molecular flexibility index (Phi) is 8.24. The Labute approximate surface area is 221 Å². The number of benzene rings is 2. The van der Waals surface area contributed by atoms with Crippen molar-refractivity contribution in [3.05, 3.63) is 69.7 Å². The highest BCUT2D eigenvalue weighted by Gasteiger charge is 2.45. The lowest BCUT2D eigenvalue weighted by Gasteiger charge is -2.40. The number of rotatable bonds is 10. The quantitative estimate of drug-likeness (QED) is 0.385. The van der Waals surface area contributed by atoms with Crippen LogP contribution in [0.5, 0.6) is 0 Å². The smallest absolute Gasteiger partial charge is 0.304 e. The van der Waals surface area contributed by atoms with Gasteiger partial charge in [0.1, 0.15) is 0 Å². The van der Waals surface area contributed by atoms with Gasteiger partial charge in [0, 0.05) is 27.9 Å². The number of hydrogen-bond donors (Lipinski definition) is 2. The molecule has 2 N–H and O–H groups in total. The number of aliphatic carboxylic acids is 1. The van der Waals surface area contributed by atoms with Crippen LogP contribution in [-0.2, 0) is 14.3 Å². The van der Waals surface area contributed by atoms with Crippen LogP contribution in [0, 0.1) is 28.6 Å². The molecule has 6 nitrogen and oxygen atoms in total. The zero-order valence-corrected chi connectivity index (χ0v) is 21.6. The van der Waals surface area contributed by atoms with Gasteiger partial charge in [-0.2, -0.15) is 5.26 Å². The third kappa shape index (κ3) is 6.39. The Hall–Kier alpha value is -2.59. The largest absolute Gasteiger partial charge is 0.481 e. The van der Waals surface area contributed by atoms with Crippen LogP contribution < -0.4 is 5.32 Å². The average molecular weight is 529 g/mol. The first-order valence-electron chi connectivity index (χ1n) is 12.3. The predicted molar refractivity (Wildman–Crippen MR) is 138 cm³/mol. The van der Waals surface area contributed by atoms with Gasteiger partial charge in [0.05, 0.1) is 30.6 Å². The minimum Gasteiger partial charge on any atom is -0.481 e. The van der Waals surface area contributed by atoms with Crippen molar-refractivity contribution in [2.45, 2.75) is 57.1 Å². The molecule has 4 rings (SSSR count). The normalized spacial score (nSPS) is 24.3. The van der Waals surface area contributed by atoms with Crippen molar-refractivity contribution < 1.29 is 19.4 Å². The topological polar surface area (TPSA) is 99.4 Å². The summed E-state index contributed by atoms with van der Waals surface area (Å²) in [5, 5.41) is 23.2. The Morgan fingerprint density at radius 2 is 1.94 bits per heavy atom. The number of hydrogen-bond acceptors (Lipinski definition) is 4. The maximum Gasteiger partial charge on any atom is 0.304 e. The molecule has 1 unspecified atom stereocenters. The molecule has 1 aliphatic heterocycles. The number of carbonyl (C=O) groups is 2. The summed E-state index contributed by atoms with van der Waals surface area (Å²) in [6.07, 6.45) is 2.22. The highest BCUT2D eigenvalue weighted by molar-refractivity contribution is 6.30. The van der Waals surface area contributed by atoms with Gasteiger partial charge < -0.3 is 15.2 Å². The second kappa shape index (κ2) is 11.2. The van der Waals surface area contributed by atoms with E-state index < -0.39 is 17.3 Å². The zero-order chi connectivity index (χ0) is 25.9. The van der Waals surface area contributed by atoms with E-state index in [1.807, 2.05) is 42.5 Å². The number of carbonyl (C=O) groups excluding carboxylic acids is 1. The summed E-state index contributed by atoms with van der Waals surface area (Å²) >= 11 is 12.4. The van der Waals surface area contributed by atoms with Crippen LogP contribution in [0.25, 0.3) is 0 Å². The molecule has 2 aliphatic rings. The van der Waals surface area contributed by atoms with Crippen LogP contribution in [0.4, 0.5) is 0 Å². The fraction of sp³-hybridized carbons (Fsp3) is 0.464. The lowest BCUT2D eigenvalue weighted by atomic mass is 9.73. The first-order valence-corrected chi connectivity index (χ1v) is 13.0. The number of nitrogens with zero attached hydrogens (tertiary/aromatic N) is 1. The lowest BCUT2D eigenvalue weighted by Crippen LogP contribution is -2.52. The van der Waals surface area contributed by atoms with E-state index in [0.717, 1.165) is 24.0 Å². The van der Waals surface area contributed by atoms with Gasteiger partial charge in [-0.05, 0) is 67.0 Å². The first-order chi connectivity index (χ1) is 17.2. The highest BCUT2D eigenvalue weighted by Crippen LogP contribution is 2.46. The van der Waals surface area contributed by atoms with Crippen LogP contribution in [0.15, 0.2) is 48.5 Å². The lowest BCUT2D eigenvalue weighted by molar-refractivity contribution is -0.142. The van der Waals surface area contributed by atoms with Crippen LogP contribution in [0.3, 0.4) is 0 Å². The second-order valence-electron chi connectivity index (χ2n) is 10.2. The van der Waals surface area contributed by atoms with Gasteiger partial charge in [0.25, 0.3) is 0 Å². The van der Waals surface area contributed by atoms with E-state index in [4.69, 9.17) is 27.9 Å². The molecule has 1 amide bonds. The molecule has 1 saturated heterocycles. The van der Waals surface area contributed by atoms with Gasteiger partial charge >= 0.3 is 5.97 Å². The van der Waals surface area contributed by atoms with E-state index in [1.54, 1.807) is 6.07 Å². The zero-order valence-electron chi connectivity index (χ0n) is 20.1. The summed E-state index contributed by atoms with van der Waals surface area (Å²) in [5.74, 6) is -1.95. The van der Waals surface area contributed by atoms with Crippen molar-refractivity contribution in [1.82, 2.24) is 5.32 Å². The van der Waals surface area contributed by atoms with Crippen molar-refractivity contribution in [3.8, 4) is 6.07 Å².